The van der Waals surface area contributed by atoms with Crippen molar-refractivity contribution in [2.24, 2.45) is 0 Å². The number of hydrogen-bond donors (Lipinski definition) is 1. The van der Waals surface area contributed by atoms with Gasteiger partial charge in [0.25, 0.3) is 11.6 Å². The van der Waals surface area contributed by atoms with Crippen LogP contribution in [-0.4, -0.2) is 36.2 Å². The van der Waals surface area contributed by atoms with Crippen molar-refractivity contribution >= 4 is 11.6 Å². The first-order valence-electron chi connectivity index (χ1n) is 10.8. The predicted octanol–water partition coefficient (Wildman–Crippen LogP) is 4.38. The molecule has 0 heterocycles. The minimum atomic E-state index is -0.598. The molecule has 1 aliphatic rings. The van der Waals surface area contributed by atoms with E-state index in [4.69, 9.17) is 14.2 Å². The van der Waals surface area contributed by atoms with Gasteiger partial charge in [-0.15, -0.1) is 0 Å². The van der Waals surface area contributed by atoms with Crippen molar-refractivity contribution in [1.82, 2.24) is 5.32 Å². The Morgan fingerprint density at radius 2 is 1.79 bits per heavy atom. The SMILES string of the molecule is COc1ccc(C(=O)NC(C)C)cc1OC1CCCCC1Oc1cccc([N+](=O)[O-])c1C#N. The molecule has 0 aromatic heterocycles. The molecule has 1 amide bonds. The number of nitrogens with zero attached hydrogens (tertiary/aromatic N) is 2. The summed E-state index contributed by atoms with van der Waals surface area (Å²) in [5.41, 5.74) is 0.0313. The molecule has 1 aliphatic carbocycles. The molecule has 0 aliphatic heterocycles. The minimum Gasteiger partial charge on any atom is -0.493 e. The van der Waals surface area contributed by atoms with Crippen molar-refractivity contribution in [2.45, 2.75) is 57.8 Å². The summed E-state index contributed by atoms with van der Waals surface area (Å²) in [5.74, 6) is 0.830. The second-order valence-corrected chi connectivity index (χ2v) is 8.11. The summed E-state index contributed by atoms with van der Waals surface area (Å²) in [4.78, 5) is 23.1. The van der Waals surface area contributed by atoms with Gasteiger partial charge >= 0.3 is 0 Å². The van der Waals surface area contributed by atoms with E-state index in [2.05, 4.69) is 5.32 Å². The maximum absolute atomic E-state index is 12.4. The highest BCUT2D eigenvalue weighted by molar-refractivity contribution is 5.95. The molecule has 9 nitrogen and oxygen atoms in total. The van der Waals surface area contributed by atoms with E-state index < -0.39 is 11.0 Å². The molecule has 0 bridgehead atoms. The number of nitro groups is 1. The van der Waals surface area contributed by atoms with Gasteiger partial charge in [-0.05, 0) is 63.8 Å². The molecule has 0 saturated heterocycles. The molecule has 174 valence electrons. The highest BCUT2D eigenvalue weighted by Crippen LogP contribution is 2.35. The lowest BCUT2D eigenvalue weighted by Crippen LogP contribution is -2.39. The number of rotatable bonds is 8. The fraction of sp³-hybridized carbons (Fsp3) is 0.417. The van der Waals surface area contributed by atoms with Crippen LogP contribution in [0.2, 0.25) is 0 Å². The first-order valence-corrected chi connectivity index (χ1v) is 10.8. The van der Waals surface area contributed by atoms with Gasteiger partial charge in [-0.1, -0.05) is 6.07 Å². The van der Waals surface area contributed by atoms with Crippen LogP contribution in [0.1, 0.15) is 55.5 Å². The minimum absolute atomic E-state index is 0.00986. The zero-order chi connectivity index (χ0) is 24.0. The van der Waals surface area contributed by atoms with Crippen LogP contribution in [0.15, 0.2) is 36.4 Å². The van der Waals surface area contributed by atoms with Gasteiger partial charge in [0.2, 0.25) is 0 Å². The summed E-state index contributed by atoms with van der Waals surface area (Å²) < 4.78 is 17.8. The van der Waals surface area contributed by atoms with Crippen LogP contribution in [0.25, 0.3) is 0 Å². The summed E-state index contributed by atoms with van der Waals surface area (Å²) in [5, 5.41) is 23.6. The molecular formula is C24H27N3O6. The Kier molecular flexibility index (Phi) is 7.72. The van der Waals surface area contributed by atoms with Crippen molar-refractivity contribution in [2.75, 3.05) is 7.11 Å². The van der Waals surface area contributed by atoms with Crippen LogP contribution in [0.4, 0.5) is 5.69 Å². The summed E-state index contributed by atoms with van der Waals surface area (Å²) in [6.07, 6.45) is 2.35. The van der Waals surface area contributed by atoms with E-state index in [1.807, 2.05) is 19.9 Å². The summed E-state index contributed by atoms with van der Waals surface area (Å²) >= 11 is 0. The maximum Gasteiger partial charge on any atom is 0.290 e. The topological polar surface area (TPSA) is 124 Å². The lowest BCUT2D eigenvalue weighted by Gasteiger charge is -2.32. The summed E-state index contributed by atoms with van der Waals surface area (Å²) in [6.45, 7) is 3.76. The molecule has 3 rings (SSSR count). The molecule has 9 heteroatoms. The van der Waals surface area contributed by atoms with Gasteiger partial charge in [0.15, 0.2) is 17.1 Å². The van der Waals surface area contributed by atoms with Gasteiger partial charge in [-0.25, -0.2) is 0 Å². The summed E-state index contributed by atoms with van der Waals surface area (Å²) in [6, 6.07) is 11.2. The smallest absolute Gasteiger partial charge is 0.290 e. The van der Waals surface area contributed by atoms with Crippen molar-refractivity contribution in [3.05, 3.63) is 57.6 Å². The average molecular weight is 453 g/mol. The molecular weight excluding hydrogens is 426 g/mol. The van der Waals surface area contributed by atoms with Crippen LogP contribution in [0.5, 0.6) is 17.2 Å². The molecule has 1 fully saturated rings. The van der Waals surface area contributed by atoms with E-state index in [0.29, 0.717) is 29.9 Å². The monoisotopic (exact) mass is 453 g/mol. The number of amides is 1. The first-order chi connectivity index (χ1) is 15.8. The van der Waals surface area contributed by atoms with E-state index in [-0.39, 0.29) is 35.1 Å². The number of carbonyl (C=O) groups excluding carboxylic acids is 1. The number of benzene rings is 2. The van der Waals surface area contributed by atoms with Crippen molar-refractivity contribution < 1.29 is 23.9 Å². The number of carbonyl (C=O) groups is 1. The Bertz CT molecular complexity index is 1060. The van der Waals surface area contributed by atoms with Gasteiger partial charge in [-0.3, -0.25) is 14.9 Å². The van der Waals surface area contributed by atoms with E-state index in [1.165, 1.54) is 19.2 Å². The third kappa shape index (κ3) is 5.71. The Hall–Kier alpha value is -3.80. The second-order valence-electron chi connectivity index (χ2n) is 8.11. The molecule has 2 aromatic rings. The Morgan fingerprint density at radius 3 is 2.36 bits per heavy atom. The molecule has 33 heavy (non-hydrogen) atoms. The summed E-state index contributed by atoms with van der Waals surface area (Å²) in [7, 11) is 1.52. The van der Waals surface area contributed by atoms with Crippen LogP contribution in [-0.2, 0) is 0 Å². The van der Waals surface area contributed by atoms with Crippen LogP contribution < -0.4 is 19.5 Å². The standard InChI is InChI=1S/C24H27N3O6/c1-15(2)26-24(28)16-11-12-20(31-3)23(13-16)33-22-9-5-4-8-21(22)32-19-10-6-7-18(27(29)30)17(19)14-25/h6-7,10-13,15,21-22H,4-5,8-9H2,1-3H3,(H,26,28). The van der Waals surface area contributed by atoms with Crippen molar-refractivity contribution in [1.29, 1.82) is 5.26 Å². The van der Waals surface area contributed by atoms with Gasteiger partial charge in [0, 0.05) is 17.7 Å². The molecule has 2 unspecified atom stereocenters. The second kappa shape index (κ2) is 10.7. The molecule has 2 atom stereocenters. The predicted molar refractivity (Wildman–Crippen MR) is 121 cm³/mol. The number of ether oxygens (including phenoxy) is 3. The molecule has 1 saturated carbocycles. The third-order valence-electron chi connectivity index (χ3n) is 5.36. The van der Waals surface area contributed by atoms with Crippen molar-refractivity contribution in [3.8, 4) is 23.3 Å². The van der Waals surface area contributed by atoms with Gasteiger partial charge in [0.05, 0.1) is 12.0 Å². The Morgan fingerprint density at radius 1 is 1.12 bits per heavy atom. The van der Waals surface area contributed by atoms with Crippen LogP contribution in [0.3, 0.4) is 0 Å². The fourth-order valence-corrected chi connectivity index (χ4v) is 3.80. The lowest BCUT2D eigenvalue weighted by molar-refractivity contribution is -0.385. The van der Waals surface area contributed by atoms with Crippen LogP contribution in [0, 0.1) is 21.4 Å². The number of nitriles is 1. The quantitative estimate of drug-likeness (QED) is 0.464. The Balaban J connectivity index is 1.86. The van der Waals surface area contributed by atoms with Crippen molar-refractivity contribution in [3.63, 3.8) is 0 Å². The number of hydrogen-bond acceptors (Lipinski definition) is 7. The van der Waals surface area contributed by atoms with Gasteiger partial charge in [-0.2, -0.15) is 5.26 Å². The van der Waals surface area contributed by atoms with E-state index >= 15 is 0 Å². The maximum atomic E-state index is 12.4. The van der Waals surface area contributed by atoms with E-state index in [0.717, 1.165) is 12.8 Å². The van der Waals surface area contributed by atoms with Gasteiger partial charge < -0.3 is 19.5 Å². The fourth-order valence-electron chi connectivity index (χ4n) is 3.80. The van der Waals surface area contributed by atoms with Crippen LogP contribution >= 0.6 is 0 Å². The average Bonchev–Trinajstić information content (AvgIpc) is 2.79. The zero-order valence-electron chi connectivity index (χ0n) is 18.9. The van der Waals surface area contributed by atoms with Gasteiger partial charge in [0.1, 0.15) is 24.0 Å². The molecule has 1 N–H and O–H groups in total. The molecule has 0 radical (unpaired) electrons. The number of nitrogens with one attached hydrogen (secondary N) is 1. The number of methoxy groups -OCH3 is 1. The Labute approximate surface area is 192 Å². The van der Waals surface area contributed by atoms with E-state index in [9.17, 15) is 20.2 Å². The first kappa shape index (κ1) is 23.9. The molecule has 0 spiro atoms. The normalized spacial score (nSPS) is 17.7. The molecule has 2 aromatic carbocycles. The highest BCUT2D eigenvalue weighted by atomic mass is 16.6. The largest absolute Gasteiger partial charge is 0.493 e. The van der Waals surface area contributed by atoms with E-state index in [1.54, 1.807) is 24.3 Å². The lowest BCUT2D eigenvalue weighted by atomic mass is 9.94. The zero-order valence-corrected chi connectivity index (χ0v) is 18.9. The highest BCUT2D eigenvalue weighted by Gasteiger charge is 2.31. The third-order valence-corrected chi connectivity index (χ3v) is 5.36. The number of nitro benzene ring substituents is 1.